The Balaban J connectivity index is 2.41. The highest BCUT2D eigenvalue weighted by Crippen LogP contribution is 2.26. The van der Waals surface area contributed by atoms with Crippen LogP contribution < -0.4 is 5.73 Å². The molecule has 0 aliphatic carbocycles. The molecule has 1 aliphatic rings. The first-order valence-electron chi connectivity index (χ1n) is 7.26. The van der Waals surface area contributed by atoms with E-state index >= 15 is 0 Å². The molecule has 1 saturated heterocycles. The number of benzene rings is 1. The first-order chi connectivity index (χ1) is 9.46. The molecule has 20 heavy (non-hydrogen) atoms. The van der Waals surface area contributed by atoms with Crippen LogP contribution in [0, 0.1) is 13.8 Å². The predicted octanol–water partition coefficient (Wildman–Crippen LogP) is 2.20. The van der Waals surface area contributed by atoms with Crippen molar-refractivity contribution in [3.05, 3.63) is 29.3 Å². The van der Waals surface area contributed by atoms with Gasteiger partial charge in [-0.3, -0.25) is 0 Å². The van der Waals surface area contributed by atoms with E-state index in [0.717, 1.165) is 36.8 Å². The van der Waals surface area contributed by atoms with Crippen LogP contribution in [0.2, 0.25) is 0 Å². The van der Waals surface area contributed by atoms with Crippen LogP contribution in [-0.2, 0) is 10.0 Å². The first kappa shape index (κ1) is 15.5. The molecule has 0 amide bonds. The molecule has 0 radical (unpaired) electrons. The summed E-state index contributed by atoms with van der Waals surface area (Å²) in [6.07, 6.45) is 3.91. The summed E-state index contributed by atoms with van der Waals surface area (Å²) >= 11 is 0. The fourth-order valence-electron chi connectivity index (χ4n) is 2.92. The summed E-state index contributed by atoms with van der Waals surface area (Å²) in [4.78, 5) is 0.420. The van der Waals surface area contributed by atoms with Gasteiger partial charge in [-0.15, -0.1) is 0 Å². The lowest BCUT2D eigenvalue weighted by atomic mass is 10.1. The summed E-state index contributed by atoms with van der Waals surface area (Å²) in [5, 5.41) is 0. The van der Waals surface area contributed by atoms with Gasteiger partial charge >= 0.3 is 0 Å². The monoisotopic (exact) mass is 296 g/mol. The Morgan fingerprint density at radius 3 is 2.65 bits per heavy atom. The maximum Gasteiger partial charge on any atom is 0.243 e. The molecular weight excluding hydrogens is 272 g/mol. The number of nitrogens with two attached hydrogens (primary N) is 1. The van der Waals surface area contributed by atoms with Crippen LogP contribution >= 0.6 is 0 Å². The van der Waals surface area contributed by atoms with E-state index in [9.17, 15) is 8.42 Å². The third-order valence-electron chi connectivity index (χ3n) is 4.01. The number of rotatable bonds is 3. The molecule has 5 heteroatoms. The average molecular weight is 296 g/mol. The number of hydrogen-bond donors (Lipinski definition) is 1. The van der Waals surface area contributed by atoms with Gasteiger partial charge in [0.25, 0.3) is 0 Å². The van der Waals surface area contributed by atoms with Gasteiger partial charge in [-0.1, -0.05) is 30.5 Å². The lowest BCUT2D eigenvalue weighted by Gasteiger charge is -2.28. The quantitative estimate of drug-likeness (QED) is 0.930. The largest absolute Gasteiger partial charge is 0.329 e. The standard InChI is InChI=1S/C15H24N2O2S/c1-12-7-8-15(13(2)10-12)20(18,19)17-9-5-3-4-6-14(17)11-16/h7-8,10,14H,3-6,9,11,16H2,1-2H3. The van der Waals surface area contributed by atoms with E-state index in [1.165, 1.54) is 0 Å². The van der Waals surface area contributed by atoms with Crippen LogP contribution in [0.3, 0.4) is 0 Å². The Hall–Kier alpha value is -0.910. The number of hydrogen-bond acceptors (Lipinski definition) is 3. The van der Waals surface area contributed by atoms with E-state index in [1.807, 2.05) is 26.0 Å². The first-order valence-corrected chi connectivity index (χ1v) is 8.70. The van der Waals surface area contributed by atoms with Gasteiger partial charge in [0.15, 0.2) is 0 Å². The van der Waals surface area contributed by atoms with Gasteiger partial charge in [0, 0.05) is 19.1 Å². The zero-order valence-corrected chi connectivity index (χ0v) is 13.1. The SMILES string of the molecule is Cc1ccc(S(=O)(=O)N2CCCCCC2CN)c(C)c1. The van der Waals surface area contributed by atoms with Crippen LogP contribution in [0.15, 0.2) is 23.1 Å². The van der Waals surface area contributed by atoms with Gasteiger partial charge in [-0.05, 0) is 38.3 Å². The summed E-state index contributed by atoms with van der Waals surface area (Å²) in [7, 11) is -3.44. The van der Waals surface area contributed by atoms with Crippen LogP contribution in [0.4, 0.5) is 0 Å². The molecule has 4 nitrogen and oxygen atoms in total. The van der Waals surface area contributed by atoms with Crippen molar-refractivity contribution in [1.82, 2.24) is 4.31 Å². The minimum atomic E-state index is -3.44. The normalized spacial score (nSPS) is 21.6. The molecule has 112 valence electrons. The maximum atomic E-state index is 12.9. The third kappa shape index (κ3) is 3.05. The molecule has 1 fully saturated rings. The fourth-order valence-corrected chi connectivity index (χ4v) is 4.83. The second kappa shape index (κ2) is 6.24. The molecule has 2 rings (SSSR count). The van der Waals surface area contributed by atoms with E-state index in [1.54, 1.807) is 10.4 Å². The van der Waals surface area contributed by atoms with E-state index < -0.39 is 10.0 Å². The van der Waals surface area contributed by atoms with Crippen molar-refractivity contribution in [2.75, 3.05) is 13.1 Å². The fraction of sp³-hybridized carbons (Fsp3) is 0.600. The van der Waals surface area contributed by atoms with Crippen molar-refractivity contribution in [3.8, 4) is 0 Å². The van der Waals surface area contributed by atoms with Crippen LogP contribution in [0.5, 0.6) is 0 Å². The minimum Gasteiger partial charge on any atom is -0.329 e. The van der Waals surface area contributed by atoms with Crippen molar-refractivity contribution < 1.29 is 8.42 Å². The van der Waals surface area contributed by atoms with Crippen molar-refractivity contribution in [2.24, 2.45) is 5.73 Å². The molecule has 1 heterocycles. The average Bonchev–Trinajstić information content (AvgIpc) is 2.63. The second-order valence-electron chi connectivity index (χ2n) is 5.62. The Bertz CT molecular complexity index is 569. The smallest absolute Gasteiger partial charge is 0.243 e. The molecule has 1 aromatic carbocycles. The molecule has 1 aromatic rings. The highest BCUT2D eigenvalue weighted by molar-refractivity contribution is 7.89. The molecule has 0 aromatic heterocycles. The van der Waals surface area contributed by atoms with Crippen LogP contribution in [0.25, 0.3) is 0 Å². The Morgan fingerprint density at radius 1 is 1.25 bits per heavy atom. The highest BCUT2D eigenvalue weighted by Gasteiger charge is 2.32. The number of aryl methyl sites for hydroxylation is 2. The van der Waals surface area contributed by atoms with E-state index in [0.29, 0.717) is 18.0 Å². The van der Waals surface area contributed by atoms with Crippen molar-refractivity contribution in [3.63, 3.8) is 0 Å². The summed E-state index contributed by atoms with van der Waals surface area (Å²) in [6.45, 7) is 4.80. The van der Waals surface area contributed by atoms with Crippen molar-refractivity contribution in [2.45, 2.75) is 50.5 Å². The van der Waals surface area contributed by atoms with Gasteiger partial charge in [0.05, 0.1) is 4.90 Å². The molecule has 2 N–H and O–H groups in total. The van der Waals surface area contributed by atoms with Gasteiger partial charge in [0.2, 0.25) is 10.0 Å². The van der Waals surface area contributed by atoms with Crippen molar-refractivity contribution in [1.29, 1.82) is 0 Å². The molecule has 0 saturated carbocycles. The Morgan fingerprint density at radius 2 is 2.00 bits per heavy atom. The predicted molar refractivity (Wildman–Crippen MR) is 81.1 cm³/mol. The summed E-state index contributed by atoms with van der Waals surface area (Å²) in [5.74, 6) is 0. The second-order valence-corrected chi connectivity index (χ2v) is 7.48. The lowest BCUT2D eigenvalue weighted by Crippen LogP contribution is -2.44. The van der Waals surface area contributed by atoms with Gasteiger partial charge in [0.1, 0.15) is 0 Å². The molecular formula is C15H24N2O2S. The molecule has 1 aliphatic heterocycles. The summed E-state index contributed by atoms with van der Waals surface area (Å²) < 4.78 is 27.4. The lowest BCUT2D eigenvalue weighted by molar-refractivity contribution is 0.328. The number of nitrogens with zero attached hydrogens (tertiary/aromatic N) is 1. The zero-order chi connectivity index (χ0) is 14.8. The topological polar surface area (TPSA) is 63.4 Å². The zero-order valence-electron chi connectivity index (χ0n) is 12.3. The molecule has 1 unspecified atom stereocenters. The van der Waals surface area contributed by atoms with Gasteiger partial charge in [-0.25, -0.2) is 8.42 Å². The molecule has 1 atom stereocenters. The maximum absolute atomic E-state index is 12.9. The van der Waals surface area contributed by atoms with E-state index in [4.69, 9.17) is 5.73 Å². The summed E-state index contributed by atoms with van der Waals surface area (Å²) in [6, 6.07) is 5.43. The Kier molecular flexibility index (Phi) is 4.83. The van der Waals surface area contributed by atoms with Crippen LogP contribution in [-0.4, -0.2) is 31.9 Å². The van der Waals surface area contributed by atoms with Crippen molar-refractivity contribution >= 4 is 10.0 Å². The van der Waals surface area contributed by atoms with Crippen LogP contribution in [0.1, 0.15) is 36.8 Å². The molecule has 0 bridgehead atoms. The van der Waals surface area contributed by atoms with Gasteiger partial charge in [-0.2, -0.15) is 4.31 Å². The summed E-state index contributed by atoms with van der Waals surface area (Å²) in [5.41, 5.74) is 7.68. The van der Waals surface area contributed by atoms with E-state index in [2.05, 4.69) is 0 Å². The minimum absolute atomic E-state index is 0.0665. The third-order valence-corrected chi connectivity index (χ3v) is 6.12. The van der Waals surface area contributed by atoms with E-state index in [-0.39, 0.29) is 6.04 Å². The highest BCUT2D eigenvalue weighted by atomic mass is 32.2. The number of sulfonamides is 1. The van der Waals surface area contributed by atoms with Gasteiger partial charge < -0.3 is 5.73 Å². The molecule has 0 spiro atoms. The Labute approximate surface area is 122 Å².